The molecule has 0 spiro atoms. The van der Waals surface area contributed by atoms with E-state index in [0.29, 0.717) is 17.3 Å². The van der Waals surface area contributed by atoms with E-state index in [1.165, 1.54) is 16.9 Å². The number of rotatable bonds is 5. The van der Waals surface area contributed by atoms with E-state index in [9.17, 15) is 19.5 Å². The molecular weight excluding hydrogens is 478 g/mol. The fourth-order valence-corrected chi connectivity index (χ4v) is 3.99. The van der Waals surface area contributed by atoms with Gasteiger partial charge in [0, 0.05) is 24.7 Å². The smallest absolute Gasteiger partial charge is 0.410 e. The fraction of sp³-hybridized carbons (Fsp3) is 0.346. The van der Waals surface area contributed by atoms with Crippen LogP contribution in [0.4, 0.5) is 4.79 Å². The Labute approximate surface area is 214 Å². The predicted octanol–water partition coefficient (Wildman–Crippen LogP) is 3.09. The van der Waals surface area contributed by atoms with Crippen molar-refractivity contribution in [3.05, 3.63) is 60.4 Å². The van der Waals surface area contributed by atoms with Gasteiger partial charge in [0.05, 0.1) is 31.2 Å². The van der Waals surface area contributed by atoms with Crippen molar-refractivity contribution >= 4 is 18.0 Å². The Bertz CT molecular complexity index is 1280. The third-order valence-corrected chi connectivity index (χ3v) is 5.75. The molecule has 0 radical (unpaired) electrons. The number of ether oxygens (including phenoxy) is 2. The molecule has 1 aliphatic heterocycles. The van der Waals surface area contributed by atoms with Crippen LogP contribution in [-0.4, -0.2) is 86.0 Å². The largest absolute Gasteiger partial charge is 0.481 e. The van der Waals surface area contributed by atoms with Gasteiger partial charge in [0.15, 0.2) is 5.69 Å². The molecule has 1 fully saturated rings. The summed E-state index contributed by atoms with van der Waals surface area (Å²) in [4.78, 5) is 45.0. The van der Waals surface area contributed by atoms with Gasteiger partial charge in [-0.2, -0.15) is 5.10 Å². The Morgan fingerprint density at radius 1 is 1.05 bits per heavy atom. The van der Waals surface area contributed by atoms with Gasteiger partial charge < -0.3 is 24.4 Å². The van der Waals surface area contributed by atoms with Crippen molar-refractivity contribution in [1.82, 2.24) is 24.6 Å². The molecule has 11 heteroatoms. The van der Waals surface area contributed by atoms with Crippen molar-refractivity contribution in [2.24, 2.45) is 0 Å². The number of hydrogen-bond donors (Lipinski definition) is 1. The number of nitrogens with zero attached hydrogens (tertiary/aromatic N) is 5. The topological polar surface area (TPSA) is 127 Å². The molecule has 1 N–H and O–H groups in total. The van der Waals surface area contributed by atoms with Crippen LogP contribution in [0, 0.1) is 0 Å². The Morgan fingerprint density at radius 2 is 1.78 bits per heavy atom. The second-order valence-electron chi connectivity index (χ2n) is 9.53. The Kier molecular flexibility index (Phi) is 7.14. The Balaban J connectivity index is 1.65. The average molecular weight is 508 g/mol. The zero-order valence-corrected chi connectivity index (χ0v) is 21.1. The van der Waals surface area contributed by atoms with E-state index in [4.69, 9.17) is 9.47 Å². The van der Waals surface area contributed by atoms with Gasteiger partial charge in [0.25, 0.3) is 5.91 Å². The lowest BCUT2D eigenvalue weighted by atomic mass is 10.1. The maximum Gasteiger partial charge on any atom is 0.410 e. The van der Waals surface area contributed by atoms with Crippen molar-refractivity contribution < 1.29 is 29.0 Å². The van der Waals surface area contributed by atoms with Crippen LogP contribution in [0.1, 0.15) is 31.3 Å². The van der Waals surface area contributed by atoms with Gasteiger partial charge >= 0.3 is 12.1 Å². The first kappa shape index (κ1) is 25.7. The van der Waals surface area contributed by atoms with E-state index in [2.05, 4.69) is 10.1 Å². The molecule has 1 saturated heterocycles. The molecule has 3 aromatic rings. The lowest BCUT2D eigenvalue weighted by molar-refractivity contribution is -0.144. The average Bonchev–Trinajstić information content (AvgIpc) is 3.33. The van der Waals surface area contributed by atoms with E-state index in [1.807, 2.05) is 30.3 Å². The van der Waals surface area contributed by atoms with Crippen molar-refractivity contribution in [3.63, 3.8) is 0 Å². The molecule has 1 aromatic carbocycles. The van der Waals surface area contributed by atoms with Crippen molar-refractivity contribution in [1.29, 1.82) is 0 Å². The summed E-state index contributed by atoms with van der Waals surface area (Å²) in [6.45, 7) is 5.17. The van der Waals surface area contributed by atoms with Crippen molar-refractivity contribution in [2.75, 3.05) is 26.7 Å². The number of aliphatic carboxylic acids is 1. The molecule has 3 heterocycles. The molecule has 11 nitrogen and oxygen atoms in total. The van der Waals surface area contributed by atoms with Crippen LogP contribution in [0.25, 0.3) is 16.9 Å². The first-order chi connectivity index (χ1) is 17.6. The lowest BCUT2D eigenvalue weighted by Crippen LogP contribution is -2.59. The Hall–Kier alpha value is -4.41. The second-order valence-corrected chi connectivity index (χ2v) is 9.53. The van der Waals surface area contributed by atoms with Crippen LogP contribution in [0.15, 0.2) is 54.7 Å². The number of pyridine rings is 1. The van der Waals surface area contributed by atoms with Gasteiger partial charge in [0.1, 0.15) is 11.6 Å². The maximum atomic E-state index is 13.6. The molecule has 37 heavy (non-hydrogen) atoms. The number of piperazine rings is 1. The zero-order valence-electron chi connectivity index (χ0n) is 21.1. The molecule has 4 rings (SSSR count). The highest BCUT2D eigenvalue weighted by atomic mass is 16.6. The highest BCUT2D eigenvalue weighted by Gasteiger charge is 2.39. The van der Waals surface area contributed by atoms with Crippen LogP contribution in [0.5, 0.6) is 5.88 Å². The summed E-state index contributed by atoms with van der Waals surface area (Å²) in [6.07, 6.45) is 0.958. The molecule has 2 aromatic heterocycles. The van der Waals surface area contributed by atoms with Gasteiger partial charge in [-0.05, 0) is 32.9 Å². The van der Waals surface area contributed by atoms with Crippen LogP contribution in [0.2, 0.25) is 0 Å². The number of hydrogen-bond acceptors (Lipinski definition) is 7. The number of carbonyl (C=O) groups is 3. The van der Waals surface area contributed by atoms with Gasteiger partial charge in [0.2, 0.25) is 5.88 Å². The van der Waals surface area contributed by atoms with Crippen molar-refractivity contribution in [2.45, 2.75) is 32.4 Å². The first-order valence-electron chi connectivity index (χ1n) is 11.7. The number of amides is 2. The second kappa shape index (κ2) is 10.3. The molecule has 2 amide bonds. The molecule has 0 aliphatic carbocycles. The van der Waals surface area contributed by atoms with E-state index in [0.717, 1.165) is 5.56 Å². The third kappa shape index (κ3) is 5.71. The first-order valence-corrected chi connectivity index (χ1v) is 11.7. The van der Waals surface area contributed by atoms with E-state index in [-0.39, 0.29) is 25.3 Å². The number of carbonyl (C=O) groups excluding carboxylic acids is 2. The summed E-state index contributed by atoms with van der Waals surface area (Å²) in [5.41, 5.74) is 1.40. The summed E-state index contributed by atoms with van der Waals surface area (Å²) in [7, 11) is 1.52. The van der Waals surface area contributed by atoms with Crippen LogP contribution in [0.3, 0.4) is 0 Å². The minimum absolute atomic E-state index is 0.0205. The molecule has 194 valence electrons. The number of methoxy groups -OCH3 is 1. The number of carboxylic acids is 1. The van der Waals surface area contributed by atoms with Gasteiger partial charge in [-0.3, -0.25) is 4.79 Å². The molecule has 0 saturated carbocycles. The van der Waals surface area contributed by atoms with Crippen LogP contribution < -0.4 is 4.74 Å². The lowest BCUT2D eigenvalue weighted by Gasteiger charge is -2.39. The maximum absolute atomic E-state index is 13.6. The summed E-state index contributed by atoms with van der Waals surface area (Å²) in [6, 6.07) is 13.2. The minimum Gasteiger partial charge on any atom is -0.481 e. The Morgan fingerprint density at radius 3 is 2.38 bits per heavy atom. The summed E-state index contributed by atoms with van der Waals surface area (Å²) < 4.78 is 12.1. The highest BCUT2D eigenvalue weighted by molar-refractivity contribution is 5.96. The number of carboxylic acid groups (broad SMARTS) is 1. The monoisotopic (exact) mass is 507 g/mol. The minimum atomic E-state index is -1.25. The van der Waals surface area contributed by atoms with Crippen molar-refractivity contribution in [3.8, 4) is 22.8 Å². The molecular formula is C26H29N5O6. The molecule has 1 unspecified atom stereocenters. The summed E-state index contributed by atoms with van der Waals surface area (Å²) in [5, 5.41) is 14.4. The highest BCUT2D eigenvalue weighted by Crippen LogP contribution is 2.26. The molecule has 1 aliphatic rings. The quantitative estimate of drug-likeness (QED) is 0.558. The summed E-state index contributed by atoms with van der Waals surface area (Å²) >= 11 is 0. The number of benzene rings is 1. The summed E-state index contributed by atoms with van der Waals surface area (Å²) in [5.74, 6) is -1.34. The van der Waals surface area contributed by atoms with Crippen LogP contribution >= 0.6 is 0 Å². The number of aromatic nitrogens is 3. The standard InChI is InChI=1S/C26H29N5O6/c1-26(2,3)37-25(35)29-12-13-30(21(16-29)24(33)34)23(32)19-14-20(17-8-6-5-7-9-17)31(28-19)18-10-11-22(36-4)27-15-18/h5-11,14-15,21H,12-13,16H2,1-4H3,(H,33,34). The third-order valence-electron chi connectivity index (χ3n) is 5.75. The van der Waals surface area contributed by atoms with E-state index in [1.54, 1.807) is 49.8 Å². The molecule has 0 bridgehead atoms. The predicted molar refractivity (Wildman–Crippen MR) is 134 cm³/mol. The van der Waals surface area contributed by atoms with Gasteiger partial charge in [-0.15, -0.1) is 0 Å². The van der Waals surface area contributed by atoms with E-state index >= 15 is 0 Å². The SMILES string of the molecule is COc1ccc(-n2nc(C(=O)N3CCN(C(=O)OC(C)(C)C)CC3C(=O)O)cc2-c2ccccc2)cn1. The van der Waals surface area contributed by atoms with Crippen LogP contribution in [-0.2, 0) is 9.53 Å². The van der Waals surface area contributed by atoms with Gasteiger partial charge in [-0.1, -0.05) is 30.3 Å². The zero-order chi connectivity index (χ0) is 26.7. The molecule has 1 atom stereocenters. The fourth-order valence-electron chi connectivity index (χ4n) is 3.99. The van der Waals surface area contributed by atoms with E-state index < -0.39 is 29.6 Å². The van der Waals surface area contributed by atoms with Gasteiger partial charge in [-0.25, -0.2) is 19.3 Å². The normalized spacial score (nSPS) is 15.8.